The van der Waals surface area contributed by atoms with Gasteiger partial charge in [0, 0.05) is 29.4 Å². The number of thiol groups is 1. The predicted molar refractivity (Wildman–Crippen MR) is 269 cm³/mol. The summed E-state index contributed by atoms with van der Waals surface area (Å²) in [6.07, 6.45) is 2.90. The normalized spacial score (nSPS) is 16.3. The number of amides is 9. The Balaban J connectivity index is 1.68. The lowest BCUT2D eigenvalue weighted by Crippen LogP contribution is -2.59. The van der Waals surface area contributed by atoms with Gasteiger partial charge in [-0.05, 0) is 74.0 Å². The van der Waals surface area contributed by atoms with E-state index in [9.17, 15) is 57.8 Å². The Morgan fingerprint density at radius 1 is 0.764 bits per heavy atom. The van der Waals surface area contributed by atoms with E-state index in [-0.39, 0.29) is 56.2 Å². The zero-order chi connectivity index (χ0) is 53.8. The van der Waals surface area contributed by atoms with E-state index in [1.54, 1.807) is 12.5 Å². The summed E-state index contributed by atoms with van der Waals surface area (Å²) in [6, 6.07) is -2.98. The number of aliphatic carboxylic acids is 2. The Morgan fingerprint density at radius 3 is 1.94 bits per heavy atom. The SMILES string of the molecule is CSCC[C@H](NC(=O)[C@@H]1CCCN1C(=O)[C@H](CC(N)=O)NC(=O)CNC(=O)[C@H](CC(C)C)NC(=O)[C@H](CC(C)C)NC(=O)[C@@H](N)Cc1c[nH]c2ccccc12)C(=O)N[C@@H](CS)C(=O)N[C@@H](CC(=O)O)C(=O)O. The third-order valence-electron chi connectivity index (χ3n) is 11.5. The van der Waals surface area contributed by atoms with E-state index in [4.69, 9.17) is 16.6 Å². The average molecular weight is 1050 g/mol. The molecule has 398 valence electrons. The number of rotatable bonds is 30. The lowest BCUT2D eigenvalue weighted by Gasteiger charge is -2.30. The van der Waals surface area contributed by atoms with Crippen LogP contribution in [0.3, 0.4) is 0 Å². The van der Waals surface area contributed by atoms with Crippen LogP contribution in [-0.2, 0) is 59.2 Å². The molecule has 14 N–H and O–H groups in total. The largest absolute Gasteiger partial charge is 0.481 e. The molecule has 0 radical (unpaired) electrons. The lowest BCUT2D eigenvalue weighted by atomic mass is 9.99. The zero-order valence-electron chi connectivity index (χ0n) is 41.0. The van der Waals surface area contributed by atoms with Crippen molar-refractivity contribution < 1.29 is 63.0 Å². The van der Waals surface area contributed by atoms with Crippen LogP contribution in [-0.4, -0.2) is 164 Å². The molecule has 72 heavy (non-hydrogen) atoms. The van der Waals surface area contributed by atoms with Crippen LogP contribution in [0.5, 0.6) is 0 Å². The molecule has 0 bridgehead atoms. The first-order valence-corrected chi connectivity index (χ1v) is 25.5. The third-order valence-corrected chi connectivity index (χ3v) is 12.5. The van der Waals surface area contributed by atoms with Gasteiger partial charge in [0.15, 0.2) is 0 Å². The van der Waals surface area contributed by atoms with Crippen molar-refractivity contribution in [3.05, 3.63) is 36.0 Å². The van der Waals surface area contributed by atoms with Gasteiger partial charge in [-0.3, -0.25) is 47.9 Å². The molecule has 8 atom stereocenters. The molecule has 24 nitrogen and oxygen atoms in total. The Hall–Kier alpha value is -6.41. The van der Waals surface area contributed by atoms with Crippen molar-refractivity contribution in [3.8, 4) is 0 Å². The third kappa shape index (κ3) is 19.0. The number of carboxylic acid groups (broad SMARTS) is 2. The number of nitrogens with two attached hydrogens (primary N) is 2. The summed E-state index contributed by atoms with van der Waals surface area (Å²) in [4.78, 5) is 147. The molecule has 0 aliphatic carbocycles. The van der Waals surface area contributed by atoms with Crippen molar-refractivity contribution in [2.75, 3.05) is 30.9 Å². The molecule has 2 heterocycles. The number of hydrogen-bond donors (Lipinski definition) is 13. The van der Waals surface area contributed by atoms with Crippen LogP contribution in [0.25, 0.3) is 10.9 Å². The summed E-state index contributed by atoms with van der Waals surface area (Å²) >= 11 is 5.40. The second-order valence-electron chi connectivity index (χ2n) is 18.3. The number of nitrogens with one attached hydrogen (secondary N) is 8. The summed E-state index contributed by atoms with van der Waals surface area (Å²) in [5.74, 6) is -10.7. The van der Waals surface area contributed by atoms with Crippen LogP contribution in [0.15, 0.2) is 30.5 Å². The molecule has 1 fully saturated rings. The van der Waals surface area contributed by atoms with Gasteiger partial charge in [0.05, 0.1) is 25.4 Å². The quantitative estimate of drug-likeness (QED) is 0.0387. The molecule has 1 aromatic carbocycles. The molecule has 1 aliphatic heterocycles. The summed E-state index contributed by atoms with van der Waals surface area (Å²) in [6.45, 7) is 6.65. The minimum absolute atomic E-state index is 0.00825. The van der Waals surface area contributed by atoms with Crippen molar-refractivity contribution in [2.24, 2.45) is 23.3 Å². The van der Waals surface area contributed by atoms with Gasteiger partial charge in [-0.15, -0.1) is 0 Å². The number of carbonyl (C=O) groups is 11. The topological polar surface area (TPSA) is 384 Å². The summed E-state index contributed by atoms with van der Waals surface area (Å²) in [5, 5.41) is 36.6. The highest BCUT2D eigenvalue weighted by molar-refractivity contribution is 7.98. The molecule has 0 saturated carbocycles. The van der Waals surface area contributed by atoms with Crippen molar-refractivity contribution in [3.63, 3.8) is 0 Å². The number of benzene rings is 1. The van der Waals surface area contributed by atoms with E-state index in [0.717, 1.165) is 21.4 Å². The summed E-state index contributed by atoms with van der Waals surface area (Å²) in [7, 11) is 0. The Labute approximate surface area is 426 Å². The van der Waals surface area contributed by atoms with Crippen LogP contribution >= 0.6 is 24.4 Å². The fourth-order valence-corrected chi connectivity index (χ4v) is 8.64. The van der Waals surface area contributed by atoms with E-state index in [1.807, 2.05) is 52.0 Å². The first kappa shape index (κ1) is 59.9. The number of likely N-dealkylation sites (tertiary alicyclic amines) is 1. The molecule has 0 unspecified atom stereocenters. The highest BCUT2D eigenvalue weighted by Crippen LogP contribution is 2.21. The Morgan fingerprint density at radius 2 is 1.35 bits per heavy atom. The molecule has 3 rings (SSSR count). The van der Waals surface area contributed by atoms with Gasteiger partial charge < -0.3 is 68.8 Å². The highest BCUT2D eigenvalue weighted by Gasteiger charge is 2.40. The van der Waals surface area contributed by atoms with Crippen LogP contribution in [0, 0.1) is 11.8 Å². The van der Waals surface area contributed by atoms with Crippen molar-refractivity contribution in [1.29, 1.82) is 0 Å². The van der Waals surface area contributed by atoms with Crippen LogP contribution in [0.2, 0.25) is 0 Å². The molecule has 1 saturated heterocycles. The number of H-pyrrole nitrogens is 1. The lowest BCUT2D eigenvalue weighted by molar-refractivity contribution is -0.147. The van der Waals surface area contributed by atoms with E-state index in [0.29, 0.717) is 12.2 Å². The molecular formula is C46H69N11O13S2. The molecule has 0 spiro atoms. The smallest absolute Gasteiger partial charge is 0.326 e. The first-order chi connectivity index (χ1) is 33.9. The highest BCUT2D eigenvalue weighted by atomic mass is 32.2. The van der Waals surface area contributed by atoms with Crippen molar-refractivity contribution in [1.82, 2.24) is 47.1 Å². The van der Waals surface area contributed by atoms with Gasteiger partial charge in [0.1, 0.15) is 42.3 Å². The predicted octanol–water partition coefficient (Wildman–Crippen LogP) is -1.74. The van der Waals surface area contributed by atoms with Gasteiger partial charge >= 0.3 is 11.9 Å². The van der Waals surface area contributed by atoms with Crippen LogP contribution < -0.4 is 48.7 Å². The minimum atomic E-state index is -1.80. The summed E-state index contributed by atoms with van der Waals surface area (Å²) in [5.41, 5.74) is 13.5. The second kappa shape index (κ2) is 29.2. The monoisotopic (exact) mass is 1050 g/mol. The van der Waals surface area contributed by atoms with E-state index in [1.165, 1.54) is 11.8 Å². The molecular weight excluding hydrogens is 979 g/mol. The number of carboxylic acids is 2. The minimum Gasteiger partial charge on any atom is -0.481 e. The van der Waals surface area contributed by atoms with Crippen LogP contribution in [0.1, 0.15) is 78.2 Å². The maximum absolute atomic E-state index is 14.0. The van der Waals surface area contributed by atoms with Crippen molar-refractivity contribution >= 4 is 100 Å². The molecule has 1 aliphatic rings. The number of para-hydroxylation sites is 1. The average Bonchev–Trinajstić information content (AvgIpc) is 3.97. The Bertz CT molecular complexity index is 2280. The van der Waals surface area contributed by atoms with Gasteiger partial charge in [-0.2, -0.15) is 24.4 Å². The second-order valence-corrected chi connectivity index (χ2v) is 19.7. The summed E-state index contributed by atoms with van der Waals surface area (Å²) < 4.78 is 0. The fraction of sp³-hybridized carbons (Fsp3) is 0.587. The van der Waals surface area contributed by atoms with Crippen molar-refractivity contribution in [2.45, 2.75) is 127 Å². The molecule has 2 aromatic rings. The van der Waals surface area contributed by atoms with Crippen LogP contribution in [0.4, 0.5) is 0 Å². The van der Waals surface area contributed by atoms with Gasteiger partial charge in [-0.25, -0.2) is 4.79 Å². The number of aromatic nitrogens is 1. The van der Waals surface area contributed by atoms with E-state index < -0.39 is 133 Å². The van der Waals surface area contributed by atoms with Gasteiger partial charge in [-0.1, -0.05) is 45.9 Å². The standard InChI is InChI=1S/C46H69N11O13S2/c1-23(2)15-30(54-42(65)31(16-24(3)4)53-39(62)27(47)17-25-20-49-28-10-7-6-9-26(25)28)40(63)50-21-37(59)51-32(18-36(48)58)45(68)57-13-8-11-35(57)44(67)52-29(12-14-72-5)41(64)56-34(22-71)43(66)55-33(46(69)70)19-38(60)61/h6-7,9-10,20,23-24,27,29-35,49,71H,8,11-19,21-22,47H2,1-5H3,(H2,48,58)(H,50,63)(H,51,59)(H,52,67)(H,53,62)(H,54,65)(H,55,66)(H,56,64)(H,60,61)(H,69,70)/t27-,29-,30-,31-,32-,33-,34-,35-/m0/s1. The number of aromatic amines is 1. The maximum Gasteiger partial charge on any atom is 0.326 e. The fourth-order valence-electron chi connectivity index (χ4n) is 7.91. The van der Waals surface area contributed by atoms with E-state index >= 15 is 0 Å². The number of primary amides is 1. The number of thioether (sulfide) groups is 1. The van der Waals surface area contributed by atoms with E-state index in [2.05, 4.69) is 54.8 Å². The number of nitrogens with zero attached hydrogens (tertiary/aromatic N) is 1. The first-order valence-electron chi connectivity index (χ1n) is 23.5. The number of carbonyl (C=O) groups excluding carboxylic acids is 9. The number of hydrogen-bond acceptors (Lipinski definition) is 14. The molecule has 1 aromatic heterocycles. The van der Waals surface area contributed by atoms with Gasteiger partial charge in [0.25, 0.3) is 0 Å². The molecule has 9 amide bonds. The zero-order valence-corrected chi connectivity index (χ0v) is 42.7. The maximum atomic E-state index is 14.0. The molecule has 26 heteroatoms. The number of fused-ring (bicyclic) bond motifs is 1. The Kier molecular flexibility index (Phi) is 24.3. The van der Waals surface area contributed by atoms with Gasteiger partial charge in [0.2, 0.25) is 53.2 Å².